The van der Waals surface area contributed by atoms with Crippen LogP contribution in [0.5, 0.6) is 0 Å². The van der Waals surface area contributed by atoms with Crippen molar-refractivity contribution in [3.05, 3.63) is 0 Å². The van der Waals surface area contributed by atoms with Crippen molar-refractivity contribution in [2.75, 3.05) is 26.7 Å². The lowest BCUT2D eigenvalue weighted by atomic mass is 10.0. The highest BCUT2D eigenvalue weighted by Gasteiger charge is 2.25. The highest BCUT2D eigenvalue weighted by atomic mass is 32.2. The molecule has 1 heterocycles. The lowest BCUT2D eigenvalue weighted by Gasteiger charge is -2.32. The van der Waals surface area contributed by atoms with E-state index in [2.05, 4.69) is 16.7 Å². The lowest BCUT2D eigenvalue weighted by molar-refractivity contribution is 0.187. The summed E-state index contributed by atoms with van der Waals surface area (Å²) in [5, 5.41) is -0.462. The fourth-order valence-corrected chi connectivity index (χ4v) is 3.60. The van der Waals surface area contributed by atoms with E-state index in [-0.39, 0.29) is 6.54 Å². The Morgan fingerprint density at radius 3 is 2.71 bits per heavy atom. The molecule has 0 spiro atoms. The first-order valence-electron chi connectivity index (χ1n) is 6.40. The van der Waals surface area contributed by atoms with Gasteiger partial charge in [-0.05, 0) is 32.9 Å². The van der Waals surface area contributed by atoms with Gasteiger partial charge in [0.25, 0.3) is 0 Å². The van der Waals surface area contributed by atoms with Crippen molar-refractivity contribution in [3.8, 4) is 0 Å². The molecule has 1 aliphatic rings. The van der Waals surface area contributed by atoms with E-state index in [1.54, 1.807) is 0 Å². The number of piperidine rings is 1. The van der Waals surface area contributed by atoms with E-state index in [9.17, 15) is 8.42 Å². The van der Waals surface area contributed by atoms with Gasteiger partial charge in [0.15, 0.2) is 0 Å². The van der Waals surface area contributed by atoms with Crippen LogP contribution in [-0.4, -0.2) is 51.3 Å². The van der Waals surface area contributed by atoms with Gasteiger partial charge in [-0.2, -0.15) is 0 Å². The number of likely N-dealkylation sites (N-methyl/N-ethyl adjacent to an activating group) is 1. The standard InChI is InChI=1S/C11H25N3O2S/c1-3-11(8-12)17(15,16)13-9-10-6-4-5-7-14(10)2/h10-11,13H,3-9,12H2,1-2H3. The zero-order chi connectivity index (χ0) is 12.9. The van der Waals surface area contributed by atoms with E-state index >= 15 is 0 Å². The van der Waals surface area contributed by atoms with Crippen LogP contribution in [0.25, 0.3) is 0 Å². The number of nitrogens with two attached hydrogens (primary N) is 1. The Labute approximate surface area is 105 Å². The molecule has 6 heteroatoms. The molecule has 0 radical (unpaired) electrons. The maximum absolute atomic E-state index is 11.9. The van der Waals surface area contributed by atoms with Crippen molar-refractivity contribution < 1.29 is 8.42 Å². The van der Waals surface area contributed by atoms with Gasteiger partial charge in [-0.1, -0.05) is 13.3 Å². The molecule has 0 aromatic carbocycles. The normalized spacial score (nSPS) is 24.8. The smallest absolute Gasteiger partial charge is 0.215 e. The molecular formula is C11H25N3O2S. The zero-order valence-corrected chi connectivity index (χ0v) is 11.7. The molecule has 0 saturated carbocycles. The molecule has 0 bridgehead atoms. The minimum absolute atomic E-state index is 0.187. The molecular weight excluding hydrogens is 238 g/mol. The number of nitrogens with zero attached hydrogens (tertiary/aromatic N) is 1. The highest BCUT2D eigenvalue weighted by Crippen LogP contribution is 2.14. The van der Waals surface area contributed by atoms with Crippen LogP contribution >= 0.6 is 0 Å². The summed E-state index contributed by atoms with van der Waals surface area (Å²) < 4.78 is 26.6. The summed E-state index contributed by atoms with van der Waals surface area (Å²) in [4.78, 5) is 2.23. The summed E-state index contributed by atoms with van der Waals surface area (Å²) in [6, 6.07) is 0.328. The largest absolute Gasteiger partial charge is 0.329 e. The van der Waals surface area contributed by atoms with Crippen LogP contribution in [-0.2, 0) is 10.0 Å². The monoisotopic (exact) mass is 263 g/mol. The quantitative estimate of drug-likeness (QED) is 0.714. The van der Waals surface area contributed by atoms with Gasteiger partial charge in [0.2, 0.25) is 10.0 Å². The van der Waals surface area contributed by atoms with Crippen LogP contribution in [0.3, 0.4) is 0 Å². The van der Waals surface area contributed by atoms with Crippen LogP contribution in [0, 0.1) is 0 Å². The molecule has 1 aliphatic heterocycles. The van der Waals surface area contributed by atoms with Crippen LogP contribution in [0.4, 0.5) is 0 Å². The second kappa shape index (κ2) is 6.68. The Morgan fingerprint density at radius 2 is 2.18 bits per heavy atom. The summed E-state index contributed by atoms with van der Waals surface area (Å²) >= 11 is 0. The van der Waals surface area contributed by atoms with E-state index in [4.69, 9.17) is 5.73 Å². The predicted octanol–water partition coefficient (Wildman–Crippen LogP) is 0.127. The lowest BCUT2D eigenvalue weighted by Crippen LogP contribution is -2.47. The van der Waals surface area contributed by atoms with Crippen LogP contribution in [0.15, 0.2) is 0 Å². The molecule has 3 N–H and O–H groups in total. The van der Waals surface area contributed by atoms with Gasteiger partial charge in [-0.25, -0.2) is 13.1 Å². The molecule has 1 rings (SSSR count). The third-order valence-corrected chi connectivity index (χ3v) is 5.57. The second-order valence-electron chi connectivity index (χ2n) is 4.79. The average Bonchev–Trinajstić information content (AvgIpc) is 2.29. The van der Waals surface area contributed by atoms with Gasteiger partial charge in [0.1, 0.15) is 0 Å². The Bertz CT molecular complexity index is 315. The number of nitrogens with one attached hydrogen (secondary N) is 1. The maximum atomic E-state index is 11.9. The van der Waals surface area contributed by atoms with E-state index in [1.165, 1.54) is 12.8 Å². The van der Waals surface area contributed by atoms with Crippen LogP contribution in [0.2, 0.25) is 0 Å². The van der Waals surface area contributed by atoms with Crippen LogP contribution < -0.4 is 10.5 Å². The van der Waals surface area contributed by atoms with Gasteiger partial charge in [0.05, 0.1) is 5.25 Å². The topological polar surface area (TPSA) is 75.4 Å². The molecule has 0 aromatic heterocycles. The van der Waals surface area contributed by atoms with Gasteiger partial charge in [-0.15, -0.1) is 0 Å². The van der Waals surface area contributed by atoms with Gasteiger partial charge >= 0.3 is 0 Å². The van der Waals surface area contributed by atoms with Crippen molar-refractivity contribution in [3.63, 3.8) is 0 Å². The van der Waals surface area contributed by atoms with E-state index < -0.39 is 15.3 Å². The van der Waals surface area contributed by atoms with E-state index in [0.29, 0.717) is 19.0 Å². The van der Waals surface area contributed by atoms with E-state index in [0.717, 1.165) is 13.0 Å². The van der Waals surface area contributed by atoms with Crippen LogP contribution in [0.1, 0.15) is 32.6 Å². The molecule has 1 saturated heterocycles. The first kappa shape index (κ1) is 14.9. The molecule has 0 aromatic rings. The zero-order valence-electron chi connectivity index (χ0n) is 10.9. The van der Waals surface area contributed by atoms with Crippen molar-refractivity contribution in [2.45, 2.75) is 43.9 Å². The third-order valence-electron chi connectivity index (χ3n) is 3.60. The average molecular weight is 263 g/mol. The molecule has 5 nitrogen and oxygen atoms in total. The molecule has 2 atom stereocenters. The first-order chi connectivity index (χ1) is 8.01. The number of rotatable bonds is 6. The predicted molar refractivity (Wildman–Crippen MR) is 70.3 cm³/mol. The molecule has 102 valence electrons. The van der Waals surface area contributed by atoms with E-state index in [1.807, 2.05) is 6.92 Å². The molecule has 1 fully saturated rings. The molecule has 2 unspecified atom stereocenters. The Morgan fingerprint density at radius 1 is 1.47 bits per heavy atom. The van der Waals surface area contributed by atoms with Gasteiger partial charge in [-0.3, -0.25) is 0 Å². The Hall–Kier alpha value is -0.170. The van der Waals surface area contributed by atoms with Gasteiger partial charge in [0, 0.05) is 19.1 Å². The fraction of sp³-hybridized carbons (Fsp3) is 1.00. The van der Waals surface area contributed by atoms with Crippen molar-refractivity contribution in [1.82, 2.24) is 9.62 Å². The van der Waals surface area contributed by atoms with Crippen molar-refractivity contribution >= 4 is 10.0 Å². The number of sulfonamides is 1. The molecule has 0 aliphatic carbocycles. The summed E-state index contributed by atoms with van der Waals surface area (Å²) in [6.45, 7) is 3.60. The minimum atomic E-state index is -3.25. The van der Waals surface area contributed by atoms with Crippen molar-refractivity contribution in [1.29, 1.82) is 0 Å². The Kier molecular flexibility index (Phi) is 5.85. The molecule has 17 heavy (non-hydrogen) atoms. The SMILES string of the molecule is CCC(CN)S(=O)(=O)NCC1CCCCN1C. The third kappa shape index (κ3) is 4.21. The Balaban J connectivity index is 2.48. The van der Waals surface area contributed by atoms with Gasteiger partial charge < -0.3 is 10.6 Å². The maximum Gasteiger partial charge on any atom is 0.215 e. The number of hydrogen-bond acceptors (Lipinski definition) is 4. The number of likely N-dealkylation sites (tertiary alicyclic amines) is 1. The summed E-state index contributed by atoms with van der Waals surface area (Å²) in [5.74, 6) is 0. The second-order valence-corrected chi connectivity index (χ2v) is 6.84. The number of hydrogen-bond donors (Lipinski definition) is 2. The minimum Gasteiger partial charge on any atom is -0.329 e. The summed E-state index contributed by atoms with van der Waals surface area (Å²) in [5.41, 5.74) is 5.48. The highest BCUT2D eigenvalue weighted by molar-refractivity contribution is 7.90. The fourth-order valence-electron chi connectivity index (χ4n) is 2.24. The summed E-state index contributed by atoms with van der Waals surface area (Å²) in [6.07, 6.45) is 4.02. The molecule has 0 amide bonds. The first-order valence-corrected chi connectivity index (χ1v) is 7.94. The summed E-state index contributed by atoms with van der Waals surface area (Å²) in [7, 11) is -1.19. The van der Waals surface area contributed by atoms with Crippen molar-refractivity contribution in [2.24, 2.45) is 5.73 Å².